The highest BCUT2D eigenvalue weighted by Gasteiger charge is 2.26. The van der Waals surface area contributed by atoms with Crippen molar-refractivity contribution >= 4 is 59.3 Å². The lowest BCUT2D eigenvalue weighted by atomic mass is 10.1. The minimum absolute atomic E-state index is 0.0896. The molecule has 0 amide bonds. The van der Waals surface area contributed by atoms with Gasteiger partial charge in [-0.3, -0.25) is 9.62 Å². The van der Waals surface area contributed by atoms with E-state index in [9.17, 15) is 25.6 Å². The maximum absolute atomic E-state index is 14.5. The first-order chi connectivity index (χ1) is 27.3. The fourth-order valence-electron chi connectivity index (χ4n) is 6.70. The van der Waals surface area contributed by atoms with Crippen LogP contribution in [0, 0.1) is 18.6 Å². The van der Waals surface area contributed by atoms with Crippen LogP contribution in [0.4, 0.5) is 36.9 Å². The van der Waals surface area contributed by atoms with Crippen molar-refractivity contribution in [2.24, 2.45) is 0 Å². The van der Waals surface area contributed by atoms with E-state index in [0.29, 0.717) is 72.1 Å². The van der Waals surface area contributed by atoms with E-state index in [2.05, 4.69) is 29.7 Å². The molecule has 14 nitrogen and oxygen atoms in total. The van der Waals surface area contributed by atoms with Crippen molar-refractivity contribution in [1.82, 2.24) is 19.9 Å². The zero-order valence-corrected chi connectivity index (χ0v) is 34.0. The number of thiazole rings is 1. The van der Waals surface area contributed by atoms with Crippen molar-refractivity contribution in [2.45, 2.75) is 11.8 Å². The van der Waals surface area contributed by atoms with Crippen LogP contribution in [-0.4, -0.2) is 115 Å². The summed E-state index contributed by atoms with van der Waals surface area (Å²) >= 11 is 1.42. The standard InChI is InChI=1S/C38H42F2N8O6S3/c1-25-22-31(33(53-2)24-32(25)47-14-12-46(13-15-47)18-21-56(3,49)50)43-37-41-11-10-30(42-37)35-34(44-38(55-35)48-16-19-54-20-17-48)26-6-4-7-27(23-26)45-57(51,52)36-28(39)8-5-9-29(36)40/h4-11,22-24,45H,12-21H2,1-3H3,(H,41,42,43). The number of hydrogen-bond donors (Lipinski definition) is 2. The van der Waals surface area contributed by atoms with Crippen LogP contribution in [0.1, 0.15) is 5.56 Å². The summed E-state index contributed by atoms with van der Waals surface area (Å²) in [4.78, 5) is 20.5. The van der Waals surface area contributed by atoms with Gasteiger partial charge in [-0.2, -0.15) is 0 Å². The van der Waals surface area contributed by atoms with E-state index >= 15 is 0 Å². The van der Waals surface area contributed by atoms with Crippen LogP contribution in [0.3, 0.4) is 0 Å². The molecule has 4 heterocycles. The molecule has 0 aliphatic carbocycles. The fourth-order valence-corrected chi connectivity index (χ4v) is 9.59. The number of nitrogens with one attached hydrogen (secondary N) is 2. The van der Waals surface area contributed by atoms with E-state index in [1.54, 1.807) is 37.6 Å². The topological polar surface area (TPSA) is 159 Å². The molecular formula is C38H42F2N8O6S3. The smallest absolute Gasteiger partial charge is 0.267 e. The van der Waals surface area contributed by atoms with Gasteiger partial charge in [-0.15, -0.1) is 0 Å². The minimum atomic E-state index is -4.61. The Kier molecular flexibility index (Phi) is 11.9. The number of anilines is 5. The number of aromatic nitrogens is 3. The second kappa shape index (κ2) is 16.9. The van der Waals surface area contributed by atoms with E-state index < -0.39 is 36.4 Å². The first-order valence-corrected chi connectivity index (χ1v) is 22.5. The highest BCUT2D eigenvalue weighted by Crippen LogP contribution is 2.41. The maximum Gasteiger partial charge on any atom is 0.267 e. The normalized spacial score (nSPS) is 15.5. The number of sulfonamides is 1. The lowest BCUT2D eigenvalue weighted by molar-refractivity contribution is 0.122. The molecule has 0 atom stereocenters. The lowest BCUT2D eigenvalue weighted by Crippen LogP contribution is -2.47. The summed E-state index contributed by atoms with van der Waals surface area (Å²) in [6.45, 7) is 7.86. The Morgan fingerprint density at radius 2 is 1.61 bits per heavy atom. The zero-order valence-electron chi connectivity index (χ0n) is 31.5. The largest absolute Gasteiger partial charge is 0.494 e. The first kappa shape index (κ1) is 40.3. The molecule has 0 saturated carbocycles. The Hall–Kier alpha value is -4.95. The number of sulfone groups is 1. The molecule has 302 valence electrons. The van der Waals surface area contributed by atoms with E-state index in [4.69, 9.17) is 19.4 Å². The van der Waals surface area contributed by atoms with E-state index in [1.807, 2.05) is 19.1 Å². The minimum Gasteiger partial charge on any atom is -0.494 e. The third kappa shape index (κ3) is 9.44. The summed E-state index contributed by atoms with van der Waals surface area (Å²) in [5.74, 6) is -1.37. The average molecular weight is 841 g/mol. The summed E-state index contributed by atoms with van der Waals surface area (Å²) in [6.07, 6.45) is 2.89. The predicted octanol–water partition coefficient (Wildman–Crippen LogP) is 5.41. The summed E-state index contributed by atoms with van der Waals surface area (Å²) in [5, 5.41) is 4.04. The van der Waals surface area contributed by atoms with E-state index in [0.717, 1.165) is 60.8 Å². The van der Waals surface area contributed by atoms with Crippen LogP contribution in [0.5, 0.6) is 5.75 Å². The van der Waals surface area contributed by atoms with Crippen molar-refractivity contribution in [3.05, 3.63) is 84.1 Å². The van der Waals surface area contributed by atoms with Gasteiger partial charge < -0.3 is 24.6 Å². The maximum atomic E-state index is 14.5. The summed E-state index contributed by atoms with van der Waals surface area (Å²) in [7, 11) is -6.05. The fraction of sp³-hybridized carbons (Fsp3) is 0.342. The van der Waals surface area contributed by atoms with Crippen molar-refractivity contribution in [1.29, 1.82) is 0 Å². The number of benzene rings is 3. The number of nitrogens with zero attached hydrogens (tertiary/aromatic N) is 6. The molecule has 2 aromatic heterocycles. The highest BCUT2D eigenvalue weighted by atomic mass is 32.2. The van der Waals surface area contributed by atoms with Crippen LogP contribution in [0.25, 0.3) is 21.8 Å². The van der Waals surface area contributed by atoms with E-state index in [1.165, 1.54) is 23.7 Å². The van der Waals surface area contributed by atoms with Crippen LogP contribution in [0.15, 0.2) is 71.8 Å². The van der Waals surface area contributed by atoms with Gasteiger partial charge in [-0.1, -0.05) is 29.5 Å². The third-order valence-electron chi connectivity index (χ3n) is 9.62. The molecule has 3 aromatic carbocycles. The highest BCUT2D eigenvalue weighted by molar-refractivity contribution is 7.92. The Morgan fingerprint density at radius 3 is 2.32 bits per heavy atom. The molecule has 0 bridgehead atoms. The average Bonchev–Trinajstić information content (AvgIpc) is 3.63. The molecule has 0 unspecified atom stereocenters. The molecule has 2 aliphatic heterocycles. The van der Waals surface area contributed by atoms with Crippen molar-refractivity contribution in [3.8, 4) is 27.6 Å². The number of halogens is 2. The second-order valence-corrected chi connectivity index (χ2v) is 18.6. The molecule has 0 spiro atoms. The first-order valence-electron chi connectivity index (χ1n) is 18.1. The predicted molar refractivity (Wildman–Crippen MR) is 218 cm³/mol. The molecule has 2 saturated heterocycles. The van der Waals surface area contributed by atoms with Crippen molar-refractivity contribution < 1.29 is 35.1 Å². The number of hydrogen-bond acceptors (Lipinski definition) is 14. The third-order valence-corrected chi connectivity index (χ3v) is 13.1. The molecule has 57 heavy (non-hydrogen) atoms. The molecule has 0 radical (unpaired) electrons. The summed E-state index contributed by atoms with van der Waals surface area (Å²) in [5.41, 5.74) is 4.40. The summed E-state index contributed by atoms with van der Waals surface area (Å²) < 4.78 is 92.2. The van der Waals surface area contributed by atoms with Crippen LogP contribution in [0.2, 0.25) is 0 Å². The van der Waals surface area contributed by atoms with Gasteiger partial charge in [0.25, 0.3) is 10.0 Å². The van der Waals surface area contributed by atoms with E-state index in [-0.39, 0.29) is 11.4 Å². The van der Waals surface area contributed by atoms with Crippen LogP contribution >= 0.6 is 11.3 Å². The van der Waals surface area contributed by atoms with Gasteiger partial charge in [0, 0.05) is 81.3 Å². The Bertz CT molecular complexity index is 2450. The van der Waals surface area contributed by atoms with Gasteiger partial charge in [0.2, 0.25) is 5.95 Å². The SMILES string of the molecule is COc1cc(N2CCN(CCS(C)(=O)=O)CC2)c(C)cc1Nc1nccc(-c2sc(N3CCOCC3)nc2-c2cccc(NS(=O)(=O)c3c(F)cccc3F)c2)n1. The molecule has 2 N–H and O–H groups in total. The number of morpholine rings is 1. The number of piperazine rings is 1. The van der Waals surface area contributed by atoms with Gasteiger partial charge in [0.05, 0.1) is 48.0 Å². The van der Waals surface area contributed by atoms with Gasteiger partial charge in [-0.25, -0.2) is 40.6 Å². The number of aryl methyl sites for hydroxylation is 1. The van der Waals surface area contributed by atoms with Crippen molar-refractivity contribution in [3.63, 3.8) is 0 Å². The van der Waals surface area contributed by atoms with Gasteiger partial charge >= 0.3 is 0 Å². The molecule has 2 fully saturated rings. The molecule has 2 aliphatic rings. The van der Waals surface area contributed by atoms with Crippen molar-refractivity contribution in [2.75, 3.05) is 98.0 Å². The van der Waals surface area contributed by atoms with Gasteiger partial charge in [0.15, 0.2) is 10.0 Å². The van der Waals surface area contributed by atoms with Gasteiger partial charge in [-0.05, 0) is 48.9 Å². The summed E-state index contributed by atoms with van der Waals surface area (Å²) in [6, 6.07) is 15.0. The molecule has 7 rings (SSSR count). The zero-order chi connectivity index (χ0) is 40.3. The second-order valence-electron chi connectivity index (χ2n) is 13.7. The van der Waals surface area contributed by atoms with Gasteiger partial charge in [0.1, 0.15) is 27.2 Å². The monoisotopic (exact) mass is 840 g/mol. The quantitative estimate of drug-likeness (QED) is 0.155. The Labute approximate surface area is 334 Å². The number of ether oxygens (including phenoxy) is 2. The van der Waals surface area contributed by atoms with Crippen LogP contribution in [-0.2, 0) is 24.6 Å². The lowest BCUT2D eigenvalue weighted by Gasteiger charge is -2.37. The Morgan fingerprint density at radius 1 is 0.895 bits per heavy atom. The molecule has 19 heteroatoms. The molecule has 5 aromatic rings. The molecular weight excluding hydrogens is 799 g/mol. The van der Waals surface area contributed by atoms with Crippen LogP contribution < -0.4 is 24.6 Å². The Balaban J connectivity index is 1.16. The number of methoxy groups -OCH3 is 1. The number of rotatable bonds is 13.